The lowest BCUT2D eigenvalue weighted by Crippen LogP contribution is -2.12. The third-order valence-electron chi connectivity index (χ3n) is 2.99. The van der Waals surface area contributed by atoms with Gasteiger partial charge in [0.15, 0.2) is 5.69 Å². The Morgan fingerprint density at radius 1 is 1.14 bits per heavy atom. The summed E-state index contributed by atoms with van der Waals surface area (Å²) in [5.74, 6) is -1.39. The number of hydrogen-bond donors (Lipinski definition) is 2. The van der Waals surface area contributed by atoms with Crippen molar-refractivity contribution in [2.24, 2.45) is 0 Å². The first-order valence-electron chi connectivity index (χ1n) is 6.12. The summed E-state index contributed by atoms with van der Waals surface area (Å²) in [5, 5.41) is 15.0. The number of rotatable bonds is 3. The first-order chi connectivity index (χ1) is 10.2. The average Bonchev–Trinajstić information content (AvgIpc) is 3.01. The molecule has 0 aliphatic heterocycles. The van der Waals surface area contributed by atoms with Gasteiger partial charge in [-0.15, -0.1) is 11.3 Å². The molecule has 0 bridgehead atoms. The van der Waals surface area contributed by atoms with E-state index in [0.29, 0.717) is 21.3 Å². The van der Waals surface area contributed by atoms with E-state index in [-0.39, 0.29) is 11.6 Å². The lowest BCUT2D eigenvalue weighted by Gasteiger charge is -2.09. The molecular weight excluding hydrogens is 288 g/mol. The average molecular weight is 298 g/mol. The molecule has 1 amide bonds. The van der Waals surface area contributed by atoms with Gasteiger partial charge in [-0.25, -0.2) is 9.78 Å². The van der Waals surface area contributed by atoms with E-state index in [4.69, 9.17) is 0 Å². The van der Waals surface area contributed by atoms with Gasteiger partial charge in [-0.1, -0.05) is 18.2 Å². The molecule has 0 fully saturated rings. The minimum Gasteiger partial charge on any atom is -0.476 e. The molecule has 0 saturated carbocycles. The van der Waals surface area contributed by atoms with Gasteiger partial charge in [-0.3, -0.25) is 4.79 Å². The van der Waals surface area contributed by atoms with Crippen LogP contribution in [0.3, 0.4) is 0 Å². The zero-order valence-electron chi connectivity index (χ0n) is 10.7. The number of pyridine rings is 1. The summed E-state index contributed by atoms with van der Waals surface area (Å²) >= 11 is 1.32. The Kier molecular flexibility index (Phi) is 3.37. The molecule has 2 heterocycles. The van der Waals surface area contributed by atoms with Crippen LogP contribution in [0.25, 0.3) is 10.8 Å². The molecule has 21 heavy (non-hydrogen) atoms. The smallest absolute Gasteiger partial charge is 0.355 e. The third kappa shape index (κ3) is 2.48. The van der Waals surface area contributed by atoms with Crippen LogP contribution in [0, 0.1) is 0 Å². The van der Waals surface area contributed by atoms with Crippen molar-refractivity contribution in [2.45, 2.75) is 0 Å². The van der Waals surface area contributed by atoms with Gasteiger partial charge in [-0.2, -0.15) is 0 Å². The third-order valence-corrected chi connectivity index (χ3v) is 3.86. The van der Waals surface area contributed by atoms with E-state index in [1.807, 2.05) is 5.38 Å². The summed E-state index contributed by atoms with van der Waals surface area (Å²) < 4.78 is 0. The molecular formula is C15H10N2O3S. The zero-order chi connectivity index (χ0) is 14.8. The highest BCUT2D eigenvalue weighted by molar-refractivity contribution is 7.12. The number of carbonyl (C=O) groups excluding carboxylic acids is 1. The van der Waals surface area contributed by atoms with Gasteiger partial charge in [0.1, 0.15) is 0 Å². The number of aromatic carboxylic acids is 1. The Morgan fingerprint density at radius 3 is 2.71 bits per heavy atom. The van der Waals surface area contributed by atoms with E-state index in [0.717, 1.165) is 0 Å². The second-order valence-corrected chi connectivity index (χ2v) is 5.25. The topological polar surface area (TPSA) is 79.3 Å². The Bertz CT molecular complexity index is 823. The van der Waals surface area contributed by atoms with E-state index < -0.39 is 5.97 Å². The van der Waals surface area contributed by atoms with E-state index in [9.17, 15) is 14.7 Å². The summed E-state index contributed by atoms with van der Waals surface area (Å²) in [4.78, 5) is 27.9. The maximum Gasteiger partial charge on any atom is 0.355 e. The van der Waals surface area contributed by atoms with Gasteiger partial charge >= 0.3 is 5.97 Å². The minimum atomic E-state index is -1.13. The Balaban J connectivity index is 2.10. The largest absolute Gasteiger partial charge is 0.476 e. The van der Waals surface area contributed by atoms with Crippen molar-refractivity contribution in [3.05, 3.63) is 58.5 Å². The SMILES string of the molecule is O=C(Nc1cccc2ccnc(C(=O)O)c12)c1cccs1. The summed E-state index contributed by atoms with van der Waals surface area (Å²) in [6.45, 7) is 0. The molecule has 2 N–H and O–H groups in total. The van der Waals surface area contributed by atoms with Gasteiger partial charge in [0.2, 0.25) is 0 Å². The van der Waals surface area contributed by atoms with E-state index in [1.165, 1.54) is 17.5 Å². The van der Waals surface area contributed by atoms with Crippen LogP contribution in [0.5, 0.6) is 0 Å². The van der Waals surface area contributed by atoms with Crippen molar-refractivity contribution >= 4 is 39.7 Å². The van der Waals surface area contributed by atoms with Crippen molar-refractivity contribution in [3.8, 4) is 0 Å². The van der Waals surface area contributed by atoms with Gasteiger partial charge in [0, 0.05) is 11.6 Å². The number of nitrogens with zero attached hydrogens (tertiary/aromatic N) is 1. The van der Waals surface area contributed by atoms with Crippen molar-refractivity contribution < 1.29 is 14.7 Å². The number of fused-ring (bicyclic) bond motifs is 1. The molecule has 0 aliphatic rings. The minimum absolute atomic E-state index is 0.0745. The summed E-state index contributed by atoms with van der Waals surface area (Å²) in [6.07, 6.45) is 1.44. The normalized spacial score (nSPS) is 10.5. The molecule has 0 radical (unpaired) electrons. The molecule has 0 aliphatic carbocycles. The van der Waals surface area contributed by atoms with E-state index >= 15 is 0 Å². The standard InChI is InChI=1S/C15H10N2O3S/c18-14(11-5-2-8-21-11)17-10-4-1-3-9-6-7-16-13(12(9)10)15(19)20/h1-8H,(H,17,18)(H,19,20). The Hall–Kier alpha value is -2.73. The van der Waals surface area contributed by atoms with Crippen LogP contribution in [-0.4, -0.2) is 22.0 Å². The highest BCUT2D eigenvalue weighted by Gasteiger charge is 2.15. The van der Waals surface area contributed by atoms with Crippen LogP contribution in [0.15, 0.2) is 48.0 Å². The Morgan fingerprint density at radius 2 is 2.00 bits per heavy atom. The van der Waals surface area contributed by atoms with Crippen molar-refractivity contribution in [1.82, 2.24) is 4.98 Å². The van der Waals surface area contributed by atoms with Crippen molar-refractivity contribution in [1.29, 1.82) is 0 Å². The maximum atomic E-state index is 12.1. The molecule has 2 aromatic heterocycles. The predicted molar refractivity (Wildman–Crippen MR) is 81.0 cm³/mol. The van der Waals surface area contributed by atoms with Crippen LogP contribution in [0.4, 0.5) is 5.69 Å². The molecule has 0 unspecified atom stereocenters. The molecule has 1 aromatic carbocycles. The van der Waals surface area contributed by atoms with E-state index in [2.05, 4.69) is 10.3 Å². The van der Waals surface area contributed by atoms with Crippen molar-refractivity contribution in [3.63, 3.8) is 0 Å². The number of thiophene rings is 1. The number of nitrogens with one attached hydrogen (secondary N) is 1. The summed E-state index contributed by atoms with van der Waals surface area (Å²) in [6, 6.07) is 10.4. The quantitative estimate of drug-likeness (QED) is 0.778. The molecule has 5 nitrogen and oxygen atoms in total. The number of anilines is 1. The highest BCUT2D eigenvalue weighted by atomic mass is 32.1. The number of amides is 1. The second-order valence-electron chi connectivity index (χ2n) is 4.30. The lowest BCUT2D eigenvalue weighted by atomic mass is 10.1. The van der Waals surface area contributed by atoms with Gasteiger partial charge < -0.3 is 10.4 Å². The fraction of sp³-hybridized carbons (Fsp3) is 0. The van der Waals surface area contributed by atoms with Crippen LogP contribution in [-0.2, 0) is 0 Å². The van der Waals surface area contributed by atoms with Gasteiger partial charge in [0.05, 0.1) is 10.6 Å². The lowest BCUT2D eigenvalue weighted by molar-refractivity contribution is 0.0692. The molecule has 0 spiro atoms. The monoisotopic (exact) mass is 298 g/mol. The highest BCUT2D eigenvalue weighted by Crippen LogP contribution is 2.26. The fourth-order valence-electron chi connectivity index (χ4n) is 2.09. The van der Waals surface area contributed by atoms with Gasteiger partial charge in [0.25, 0.3) is 5.91 Å². The van der Waals surface area contributed by atoms with Crippen LogP contribution in [0.1, 0.15) is 20.2 Å². The first kappa shape index (κ1) is 13.3. The number of benzene rings is 1. The van der Waals surface area contributed by atoms with Crippen LogP contribution in [0.2, 0.25) is 0 Å². The number of aromatic nitrogens is 1. The molecule has 3 aromatic rings. The molecule has 0 atom stereocenters. The summed E-state index contributed by atoms with van der Waals surface area (Å²) in [7, 11) is 0. The molecule has 6 heteroatoms. The molecule has 3 rings (SSSR count). The molecule has 104 valence electrons. The first-order valence-corrected chi connectivity index (χ1v) is 7.00. The summed E-state index contributed by atoms with van der Waals surface area (Å²) in [5.41, 5.74) is 0.367. The van der Waals surface area contributed by atoms with E-state index in [1.54, 1.807) is 36.4 Å². The number of carboxylic acids is 1. The van der Waals surface area contributed by atoms with Crippen LogP contribution >= 0.6 is 11.3 Å². The number of hydrogen-bond acceptors (Lipinski definition) is 4. The fourth-order valence-corrected chi connectivity index (χ4v) is 2.71. The maximum absolute atomic E-state index is 12.1. The zero-order valence-corrected chi connectivity index (χ0v) is 11.6. The molecule has 0 saturated heterocycles. The second kappa shape index (κ2) is 5.34. The van der Waals surface area contributed by atoms with Gasteiger partial charge in [-0.05, 0) is 29.0 Å². The predicted octanol–water partition coefficient (Wildman–Crippen LogP) is 3.25. The number of carboxylic acid groups (broad SMARTS) is 1. The van der Waals surface area contributed by atoms with Crippen molar-refractivity contribution in [2.75, 3.05) is 5.32 Å². The van der Waals surface area contributed by atoms with Crippen LogP contribution < -0.4 is 5.32 Å². The number of carbonyl (C=O) groups is 2. The Labute approximate surface area is 123 Å².